The maximum Gasteiger partial charge on any atom is 0.222 e. The molecule has 4 nitrogen and oxygen atoms in total. The molecule has 1 heterocycles. The highest BCUT2D eigenvalue weighted by Crippen LogP contribution is 2.54. The Balaban J connectivity index is 1.53. The molecule has 0 spiro atoms. The lowest BCUT2D eigenvalue weighted by molar-refractivity contribution is 0.00728. The molecule has 4 aliphatic rings. The average Bonchev–Trinajstić information content (AvgIpc) is 2.35. The van der Waals surface area contributed by atoms with Gasteiger partial charge >= 0.3 is 0 Å². The third-order valence-electron chi connectivity index (χ3n) is 5.19. The van der Waals surface area contributed by atoms with E-state index in [1.54, 1.807) is 12.4 Å². The van der Waals surface area contributed by atoms with Crippen molar-refractivity contribution in [3.63, 3.8) is 0 Å². The fourth-order valence-corrected chi connectivity index (χ4v) is 4.72. The van der Waals surface area contributed by atoms with Crippen molar-refractivity contribution in [2.45, 2.75) is 38.1 Å². The maximum absolute atomic E-state index is 5.62. The summed E-state index contributed by atoms with van der Waals surface area (Å²) < 4.78 is 0. The Morgan fingerprint density at radius 3 is 2.06 bits per heavy atom. The van der Waals surface area contributed by atoms with Crippen LogP contribution >= 0.6 is 0 Å². The molecule has 18 heavy (non-hydrogen) atoms. The number of hydrogen-bond acceptors (Lipinski definition) is 4. The summed E-state index contributed by atoms with van der Waals surface area (Å²) in [6.45, 7) is 0. The second-order valence-corrected chi connectivity index (χ2v) is 6.44. The largest absolute Gasteiger partial charge is 0.396 e. The fraction of sp³-hybridized carbons (Fsp3) is 0.714. The predicted octanol–water partition coefficient (Wildman–Crippen LogP) is 2.30. The molecule has 0 amide bonds. The van der Waals surface area contributed by atoms with Gasteiger partial charge in [-0.3, -0.25) is 0 Å². The van der Waals surface area contributed by atoms with Crippen LogP contribution in [-0.2, 0) is 0 Å². The summed E-state index contributed by atoms with van der Waals surface area (Å²) >= 11 is 0. The van der Waals surface area contributed by atoms with Crippen LogP contribution in [0.3, 0.4) is 0 Å². The average molecular weight is 244 g/mol. The quantitative estimate of drug-likeness (QED) is 0.838. The highest BCUT2D eigenvalue weighted by molar-refractivity contribution is 5.37. The molecule has 96 valence electrons. The van der Waals surface area contributed by atoms with Crippen LogP contribution in [0.1, 0.15) is 32.1 Å². The van der Waals surface area contributed by atoms with Gasteiger partial charge in [-0.05, 0) is 55.8 Å². The Morgan fingerprint density at radius 2 is 1.50 bits per heavy atom. The van der Waals surface area contributed by atoms with Gasteiger partial charge in [0, 0.05) is 6.04 Å². The van der Waals surface area contributed by atoms with E-state index in [1.807, 2.05) is 0 Å². The van der Waals surface area contributed by atoms with Gasteiger partial charge < -0.3 is 11.1 Å². The minimum Gasteiger partial charge on any atom is -0.396 e. The number of nitrogens with zero attached hydrogens (tertiary/aromatic N) is 2. The van der Waals surface area contributed by atoms with Crippen LogP contribution in [0, 0.1) is 23.7 Å². The van der Waals surface area contributed by atoms with Crippen molar-refractivity contribution in [3.8, 4) is 0 Å². The van der Waals surface area contributed by atoms with Crippen LogP contribution < -0.4 is 11.1 Å². The first-order valence-electron chi connectivity index (χ1n) is 7.12. The lowest BCUT2D eigenvalue weighted by Gasteiger charge is -2.54. The molecule has 1 aromatic rings. The monoisotopic (exact) mass is 244 g/mol. The third kappa shape index (κ3) is 1.66. The van der Waals surface area contributed by atoms with Crippen LogP contribution in [0.4, 0.5) is 11.6 Å². The molecule has 0 atom stereocenters. The second kappa shape index (κ2) is 3.84. The van der Waals surface area contributed by atoms with E-state index >= 15 is 0 Å². The topological polar surface area (TPSA) is 63.8 Å². The number of nitrogens with one attached hydrogen (secondary N) is 1. The van der Waals surface area contributed by atoms with Gasteiger partial charge in [-0.1, -0.05) is 0 Å². The van der Waals surface area contributed by atoms with Crippen LogP contribution in [0.15, 0.2) is 12.4 Å². The smallest absolute Gasteiger partial charge is 0.222 e. The van der Waals surface area contributed by atoms with Gasteiger partial charge in [-0.15, -0.1) is 0 Å². The predicted molar refractivity (Wildman–Crippen MR) is 70.9 cm³/mol. The highest BCUT2D eigenvalue weighted by Gasteiger charge is 2.48. The summed E-state index contributed by atoms with van der Waals surface area (Å²) in [4.78, 5) is 8.57. The van der Waals surface area contributed by atoms with Crippen LogP contribution in [0.2, 0.25) is 0 Å². The van der Waals surface area contributed by atoms with E-state index in [0.29, 0.717) is 11.7 Å². The second-order valence-electron chi connectivity index (χ2n) is 6.44. The van der Waals surface area contributed by atoms with Gasteiger partial charge in [0.15, 0.2) is 0 Å². The van der Waals surface area contributed by atoms with Crippen LogP contribution in [-0.4, -0.2) is 16.0 Å². The first-order valence-corrected chi connectivity index (χ1v) is 7.12. The van der Waals surface area contributed by atoms with Gasteiger partial charge in [-0.2, -0.15) is 0 Å². The summed E-state index contributed by atoms with van der Waals surface area (Å²) in [5.74, 6) is 4.47. The molecule has 0 radical (unpaired) electrons. The zero-order chi connectivity index (χ0) is 12.1. The molecule has 0 aliphatic heterocycles. The molecule has 4 aliphatic carbocycles. The van der Waals surface area contributed by atoms with Crippen molar-refractivity contribution in [2.24, 2.45) is 23.7 Å². The van der Waals surface area contributed by atoms with Gasteiger partial charge in [0.2, 0.25) is 5.95 Å². The normalized spacial score (nSPS) is 41.0. The Bertz CT molecular complexity index is 414. The zero-order valence-electron chi connectivity index (χ0n) is 10.5. The lowest BCUT2D eigenvalue weighted by Crippen LogP contribution is -2.51. The summed E-state index contributed by atoms with van der Waals surface area (Å²) in [5.41, 5.74) is 6.25. The van der Waals surface area contributed by atoms with E-state index in [9.17, 15) is 0 Å². The Labute approximate surface area is 107 Å². The van der Waals surface area contributed by atoms with E-state index in [0.717, 1.165) is 29.6 Å². The SMILES string of the molecule is Nc1cnc(NC2C3CC4CC(C3)CC2C4)nc1. The van der Waals surface area contributed by atoms with E-state index in [4.69, 9.17) is 5.73 Å². The summed E-state index contributed by atoms with van der Waals surface area (Å²) in [7, 11) is 0. The molecule has 0 saturated heterocycles. The van der Waals surface area contributed by atoms with Crippen molar-refractivity contribution in [2.75, 3.05) is 11.1 Å². The number of anilines is 2. The molecule has 4 saturated carbocycles. The number of hydrogen-bond donors (Lipinski definition) is 2. The van der Waals surface area contributed by atoms with Gasteiger partial charge in [-0.25, -0.2) is 9.97 Å². The molecule has 0 aromatic carbocycles. The van der Waals surface area contributed by atoms with Gasteiger partial charge in [0.25, 0.3) is 0 Å². The van der Waals surface area contributed by atoms with Crippen molar-refractivity contribution >= 4 is 11.6 Å². The van der Waals surface area contributed by atoms with Crippen LogP contribution in [0.25, 0.3) is 0 Å². The number of aromatic nitrogens is 2. The number of nitrogen functional groups attached to an aromatic ring is 1. The molecule has 5 rings (SSSR count). The molecule has 4 fully saturated rings. The first-order chi connectivity index (χ1) is 8.78. The third-order valence-corrected chi connectivity index (χ3v) is 5.19. The standard InChI is InChI=1S/C14H20N4/c15-12-6-16-14(17-7-12)18-13-10-2-8-1-9(4-10)5-11(13)3-8/h6-11,13H,1-5,15H2,(H,16,17,18). The molecule has 0 unspecified atom stereocenters. The Morgan fingerprint density at radius 1 is 0.944 bits per heavy atom. The van der Waals surface area contributed by atoms with E-state index in [1.165, 1.54) is 32.1 Å². The first kappa shape index (κ1) is 10.6. The van der Waals surface area contributed by atoms with Gasteiger partial charge in [0.05, 0.1) is 18.1 Å². The van der Waals surface area contributed by atoms with Crippen molar-refractivity contribution in [1.82, 2.24) is 9.97 Å². The summed E-state index contributed by atoms with van der Waals surface area (Å²) in [5, 5.41) is 3.57. The van der Waals surface area contributed by atoms with E-state index in [-0.39, 0.29) is 0 Å². The van der Waals surface area contributed by atoms with Crippen molar-refractivity contribution in [1.29, 1.82) is 0 Å². The minimum absolute atomic E-state index is 0.599. The fourth-order valence-electron chi connectivity index (χ4n) is 4.72. The van der Waals surface area contributed by atoms with Crippen LogP contribution in [0.5, 0.6) is 0 Å². The molecular formula is C14H20N4. The zero-order valence-corrected chi connectivity index (χ0v) is 10.5. The maximum atomic E-state index is 5.62. The molecule has 3 N–H and O–H groups in total. The van der Waals surface area contributed by atoms with Crippen molar-refractivity contribution < 1.29 is 0 Å². The highest BCUT2D eigenvalue weighted by atomic mass is 15.1. The van der Waals surface area contributed by atoms with Crippen molar-refractivity contribution in [3.05, 3.63) is 12.4 Å². The molecule has 1 aromatic heterocycles. The number of nitrogens with two attached hydrogens (primary N) is 1. The minimum atomic E-state index is 0.599. The lowest BCUT2D eigenvalue weighted by atomic mass is 9.54. The Hall–Kier alpha value is -1.32. The van der Waals surface area contributed by atoms with E-state index in [2.05, 4.69) is 15.3 Å². The number of rotatable bonds is 2. The van der Waals surface area contributed by atoms with Gasteiger partial charge in [0.1, 0.15) is 0 Å². The van der Waals surface area contributed by atoms with E-state index < -0.39 is 0 Å². The Kier molecular flexibility index (Phi) is 2.26. The molecular weight excluding hydrogens is 224 g/mol. The summed E-state index contributed by atoms with van der Waals surface area (Å²) in [6.07, 6.45) is 10.5. The summed E-state index contributed by atoms with van der Waals surface area (Å²) in [6, 6.07) is 0.599. The molecule has 4 heteroatoms. The molecule has 4 bridgehead atoms.